The molecule has 0 saturated heterocycles. The Kier molecular flexibility index (Phi) is 12.2. The summed E-state index contributed by atoms with van der Waals surface area (Å²) in [5, 5.41) is 5.08. The Labute approximate surface area is 347 Å². The average molecular weight is 802 g/mol. The molecule has 0 bridgehead atoms. The molecular formula is C52H54O2Zr. The van der Waals surface area contributed by atoms with Gasteiger partial charge >= 0.3 is 26.2 Å². The summed E-state index contributed by atoms with van der Waals surface area (Å²) in [6.07, 6.45) is 4.19. The average Bonchev–Trinajstić information content (AvgIpc) is 3.97. The van der Waals surface area contributed by atoms with Gasteiger partial charge in [0.15, 0.2) is 0 Å². The summed E-state index contributed by atoms with van der Waals surface area (Å²) in [5.74, 6) is 4.05. The molecular weight excluding hydrogens is 748 g/mol. The molecule has 0 unspecified atom stereocenters. The first-order valence-corrected chi connectivity index (χ1v) is 19.7. The van der Waals surface area contributed by atoms with Crippen LogP contribution in [0.5, 0.6) is 0 Å². The van der Waals surface area contributed by atoms with Crippen LogP contribution < -0.4 is 0 Å². The van der Waals surface area contributed by atoms with Crippen molar-refractivity contribution in [1.82, 2.24) is 0 Å². The van der Waals surface area contributed by atoms with Gasteiger partial charge in [0.05, 0.1) is 23.0 Å². The van der Waals surface area contributed by atoms with Crippen molar-refractivity contribution >= 4 is 21.5 Å². The van der Waals surface area contributed by atoms with Crippen LogP contribution in [0.25, 0.3) is 66.4 Å². The van der Waals surface area contributed by atoms with E-state index in [-0.39, 0.29) is 37.0 Å². The molecule has 6 aromatic carbocycles. The van der Waals surface area contributed by atoms with Gasteiger partial charge in [-0.15, -0.1) is 57.9 Å². The summed E-state index contributed by atoms with van der Waals surface area (Å²) in [6, 6.07) is 48.4. The normalized spacial score (nSPS) is 11.8. The van der Waals surface area contributed by atoms with E-state index in [0.29, 0.717) is 0 Å². The third kappa shape index (κ3) is 9.00. The first-order valence-electron chi connectivity index (χ1n) is 19.7. The van der Waals surface area contributed by atoms with Crippen molar-refractivity contribution in [3.8, 4) is 44.9 Å². The fourth-order valence-electron chi connectivity index (χ4n) is 7.38. The Bertz CT molecular complexity index is 2290. The van der Waals surface area contributed by atoms with E-state index in [1.165, 1.54) is 54.9 Å². The van der Waals surface area contributed by atoms with Gasteiger partial charge < -0.3 is 8.83 Å². The first-order chi connectivity index (χ1) is 25.9. The van der Waals surface area contributed by atoms with Crippen LogP contribution >= 0.6 is 0 Å². The molecule has 8 rings (SSSR count). The summed E-state index contributed by atoms with van der Waals surface area (Å²) >= 11 is 0. The molecule has 55 heavy (non-hydrogen) atoms. The fraction of sp³-hybridized carbons (Fsp3) is 0.269. The Morgan fingerprint density at radius 3 is 1.20 bits per heavy atom. The van der Waals surface area contributed by atoms with Gasteiger partial charge in [0.2, 0.25) is 0 Å². The van der Waals surface area contributed by atoms with E-state index < -0.39 is 0 Å². The third-order valence-corrected chi connectivity index (χ3v) is 10.5. The molecule has 0 atom stereocenters. The molecule has 2 aromatic heterocycles. The molecule has 0 radical (unpaired) electrons. The second-order valence-electron chi connectivity index (χ2n) is 16.8. The van der Waals surface area contributed by atoms with Crippen LogP contribution in [0, 0.1) is 0 Å². The number of hydrogen-bond acceptors (Lipinski definition) is 2. The molecule has 0 aliphatic carbocycles. The molecule has 0 spiro atoms. The van der Waals surface area contributed by atoms with Gasteiger partial charge in [0.1, 0.15) is 0 Å². The van der Waals surface area contributed by atoms with Crippen LogP contribution in [0.15, 0.2) is 142 Å². The van der Waals surface area contributed by atoms with Gasteiger partial charge in [-0.2, -0.15) is 0 Å². The van der Waals surface area contributed by atoms with Gasteiger partial charge in [-0.3, -0.25) is 0 Å². The van der Waals surface area contributed by atoms with Crippen LogP contribution in [-0.2, 0) is 49.9 Å². The van der Waals surface area contributed by atoms with Crippen LogP contribution in [-0.4, -0.2) is 0 Å². The fourth-order valence-corrected chi connectivity index (χ4v) is 7.38. The quantitative estimate of drug-likeness (QED) is 0.143. The molecule has 0 fully saturated rings. The van der Waals surface area contributed by atoms with Crippen molar-refractivity contribution < 1.29 is 35.0 Å². The van der Waals surface area contributed by atoms with E-state index in [4.69, 9.17) is 8.83 Å². The van der Waals surface area contributed by atoms with Gasteiger partial charge in [-0.05, 0) is 70.2 Å². The van der Waals surface area contributed by atoms with E-state index >= 15 is 0 Å². The van der Waals surface area contributed by atoms with Gasteiger partial charge in [-0.1, -0.05) is 150 Å². The van der Waals surface area contributed by atoms with Crippen LogP contribution in [0.3, 0.4) is 0 Å². The van der Waals surface area contributed by atoms with E-state index in [0.717, 1.165) is 59.9 Å². The summed E-state index contributed by atoms with van der Waals surface area (Å²) in [7, 11) is 0. The Morgan fingerprint density at radius 1 is 0.473 bits per heavy atom. The first kappa shape index (κ1) is 40.2. The molecule has 0 saturated carbocycles. The molecule has 0 amide bonds. The van der Waals surface area contributed by atoms with Crippen molar-refractivity contribution in [2.45, 2.75) is 91.9 Å². The Morgan fingerprint density at radius 2 is 0.855 bits per heavy atom. The summed E-state index contributed by atoms with van der Waals surface area (Å²) in [4.78, 5) is 0. The van der Waals surface area contributed by atoms with Gasteiger partial charge in [0.25, 0.3) is 0 Å². The van der Waals surface area contributed by atoms with Crippen LogP contribution in [0.4, 0.5) is 0 Å². The molecule has 3 heteroatoms. The van der Waals surface area contributed by atoms with Crippen molar-refractivity contribution in [2.75, 3.05) is 0 Å². The molecule has 8 aromatic rings. The predicted octanol–water partition coefficient (Wildman–Crippen LogP) is 15.5. The number of furan rings is 2. The molecule has 0 N–H and O–H groups in total. The maximum Gasteiger partial charge on any atom is 2.00 e. The maximum absolute atomic E-state index is 6.04. The van der Waals surface area contributed by atoms with E-state index in [1.807, 2.05) is 0 Å². The number of fused-ring (bicyclic) bond motifs is 2. The SMILES string of the molecule is CCCc1ccc(-c2cc3c(-c4ccc(C(C)(C)C)cc4)cccc3[cH-]2)o1.CCCc1ccc(-c2cc3c(-c4ccc(C(C)(C)C)cc4)cccc3[cH-]2)o1.[Zr+2]. The summed E-state index contributed by atoms with van der Waals surface area (Å²) in [5.41, 5.74) is 10.5. The number of aryl methyl sites for hydroxylation is 2. The molecule has 2 heterocycles. The minimum Gasteiger partial charge on any atom is -0.496 e. The Balaban J connectivity index is 0.000000184. The van der Waals surface area contributed by atoms with Crippen molar-refractivity contribution in [3.63, 3.8) is 0 Å². The zero-order valence-electron chi connectivity index (χ0n) is 33.8. The molecule has 0 aliphatic rings. The second kappa shape index (κ2) is 16.7. The zero-order chi connectivity index (χ0) is 38.0. The smallest absolute Gasteiger partial charge is 0.496 e. The molecule has 2 nitrogen and oxygen atoms in total. The third-order valence-electron chi connectivity index (χ3n) is 10.5. The van der Waals surface area contributed by atoms with E-state index in [9.17, 15) is 0 Å². The number of hydrogen-bond donors (Lipinski definition) is 0. The summed E-state index contributed by atoms with van der Waals surface area (Å²) in [6.45, 7) is 17.9. The largest absolute Gasteiger partial charge is 2.00 e. The monoisotopic (exact) mass is 800 g/mol. The minimum absolute atomic E-state index is 0. The van der Waals surface area contributed by atoms with Crippen molar-refractivity contribution in [3.05, 3.63) is 156 Å². The predicted molar refractivity (Wildman–Crippen MR) is 231 cm³/mol. The van der Waals surface area contributed by atoms with Crippen LogP contribution in [0.1, 0.15) is 90.9 Å². The van der Waals surface area contributed by atoms with E-state index in [1.54, 1.807) is 0 Å². The second-order valence-corrected chi connectivity index (χ2v) is 16.8. The topological polar surface area (TPSA) is 26.3 Å². The summed E-state index contributed by atoms with van der Waals surface area (Å²) < 4.78 is 12.1. The Hall–Kier alpha value is -4.46. The van der Waals surface area contributed by atoms with Gasteiger partial charge in [0, 0.05) is 12.8 Å². The van der Waals surface area contributed by atoms with Crippen molar-refractivity contribution in [2.24, 2.45) is 0 Å². The minimum atomic E-state index is 0. The van der Waals surface area contributed by atoms with Crippen molar-refractivity contribution in [1.29, 1.82) is 0 Å². The van der Waals surface area contributed by atoms with Crippen LogP contribution in [0.2, 0.25) is 0 Å². The number of rotatable bonds is 8. The molecule has 278 valence electrons. The number of benzene rings is 4. The standard InChI is InChI=1S/2C26H27O.Zr/c2*1-5-7-22-14-15-25(27-22)20-16-19-8-6-9-23(24(19)17-20)18-10-12-21(13-11-18)26(2,3)4;/h2*6,8-17H,5,7H2,1-4H3;/q2*-1;+2. The molecule has 0 aliphatic heterocycles. The van der Waals surface area contributed by atoms with E-state index in [2.05, 4.69) is 189 Å². The maximum atomic E-state index is 6.04. The van der Waals surface area contributed by atoms with Gasteiger partial charge in [-0.25, -0.2) is 0 Å². The zero-order valence-corrected chi connectivity index (χ0v) is 36.3.